The number of anilines is 1. The Hall–Kier alpha value is -2.25. The van der Waals surface area contributed by atoms with Crippen LogP contribution >= 0.6 is 11.3 Å². The lowest BCUT2D eigenvalue weighted by Crippen LogP contribution is -2.47. The molecule has 13 heteroatoms. The number of nitrogens with zero attached hydrogens (tertiary/aromatic N) is 2. The van der Waals surface area contributed by atoms with E-state index >= 15 is 0 Å². The number of ether oxygens (including phenoxy) is 1. The molecule has 1 heterocycles. The van der Waals surface area contributed by atoms with E-state index in [2.05, 4.69) is 20.2 Å². The molecule has 28 heavy (non-hydrogen) atoms. The maximum absolute atomic E-state index is 12.6. The molecule has 1 atom stereocenters. The van der Waals surface area contributed by atoms with E-state index in [9.17, 15) is 26.4 Å². The molecule has 0 fully saturated rings. The topological polar surface area (TPSA) is 110 Å². The van der Waals surface area contributed by atoms with Crippen LogP contribution in [0.1, 0.15) is 18.9 Å². The summed E-state index contributed by atoms with van der Waals surface area (Å²) in [6.45, 7) is 3.17. The number of aromatic nitrogens is 2. The predicted molar refractivity (Wildman–Crippen MR) is 95.5 cm³/mol. The van der Waals surface area contributed by atoms with Crippen molar-refractivity contribution >= 4 is 32.4 Å². The molecule has 2 rings (SSSR count). The molecule has 0 saturated carbocycles. The molecule has 0 aliphatic heterocycles. The van der Waals surface area contributed by atoms with E-state index in [-0.39, 0.29) is 21.4 Å². The van der Waals surface area contributed by atoms with Crippen LogP contribution in [-0.4, -0.2) is 37.7 Å². The van der Waals surface area contributed by atoms with Gasteiger partial charge in [-0.2, -0.15) is 17.9 Å². The van der Waals surface area contributed by atoms with E-state index < -0.39 is 39.1 Å². The second-order valence-corrected chi connectivity index (χ2v) is 8.61. The Morgan fingerprint density at radius 1 is 1.18 bits per heavy atom. The monoisotopic (exact) mass is 438 g/mol. The zero-order chi connectivity index (χ0) is 21.1. The fourth-order valence-corrected chi connectivity index (χ4v) is 4.01. The summed E-state index contributed by atoms with van der Waals surface area (Å²) < 4.78 is 70.0. The van der Waals surface area contributed by atoms with Gasteiger partial charge in [0, 0.05) is 0 Å². The molecule has 0 unspecified atom stereocenters. The van der Waals surface area contributed by atoms with Crippen LogP contribution in [0.3, 0.4) is 0 Å². The number of sulfonamides is 1. The number of rotatable bonds is 7. The van der Waals surface area contributed by atoms with Gasteiger partial charge in [-0.1, -0.05) is 25.2 Å². The fraction of sp³-hybridized carbons (Fsp3) is 0.400. The Labute approximate surface area is 163 Å². The quantitative estimate of drug-likeness (QED) is 0.687. The third-order valence-corrected chi connectivity index (χ3v) is 5.84. The maximum Gasteiger partial charge on any atom is 0.445 e. The van der Waals surface area contributed by atoms with Crippen LogP contribution in [0.5, 0.6) is 5.75 Å². The van der Waals surface area contributed by atoms with E-state index in [1.807, 2.05) is 0 Å². The number of alkyl halides is 3. The Balaban J connectivity index is 2.17. The molecule has 1 amide bonds. The molecule has 0 saturated heterocycles. The zero-order valence-electron chi connectivity index (χ0n) is 14.9. The number of methoxy groups -OCH3 is 1. The van der Waals surface area contributed by atoms with Crippen LogP contribution < -0.4 is 14.8 Å². The van der Waals surface area contributed by atoms with Gasteiger partial charge in [-0.05, 0) is 30.2 Å². The van der Waals surface area contributed by atoms with E-state index in [0.717, 1.165) is 0 Å². The highest BCUT2D eigenvalue weighted by molar-refractivity contribution is 7.89. The number of halogens is 3. The van der Waals surface area contributed by atoms with E-state index in [1.165, 1.54) is 31.4 Å². The van der Waals surface area contributed by atoms with Gasteiger partial charge in [-0.25, -0.2) is 8.42 Å². The highest BCUT2D eigenvalue weighted by atomic mass is 32.2. The first-order chi connectivity index (χ1) is 12.9. The molecule has 2 N–H and O–H groups in total. The van der Waals surface area contributed by atoms with Gasteiger partial charge in [0.25, 0.3) is 0 Å². The Morgan fingerprint density at radius 3 is 2.25 bits per heavy atom. The summed E-state index contributed by atoms with van der Waals surface area (Å²) in [5.74, 6) is -0.895. The van der Waals surface area contributed by atoms with Gasteiger partial charge < -0.3 is 4.74 Å². The van der Waals surface area contributed by atoms with Crippen molar-refractivity contribution in [1.82, 2.24) is 14.9 Å². The lowest BCUT2D eigenvalue weighted by atomic mass is 10.1. The molecule has 0 aliphatic carbocycles. The molecular formula is C15H17F3N4O4S2. The van der Waals surface area contributed by atoms with Gasteiger partial charge in [-0.15, -0.1) is 10.2 Å². The molecule has 1 aromatic heterocycles. The summed E-state index contributed by atoms with van der Waals surface area (Å²) in [6, 6.07) is 4.25. The number of nitrogens with one attached hydrogen (secondary N) is 2. The van der Waals surface area contributed by atoms with Crippen molar-refractivity contribution in [1.29, 1.82) is 0 Å². The molecule has 8 nitrogen and oxygen atoms in total. The highest BCUT2D eigenvalue weighted by Crippen LogP contribution is 2.33. The van der Waals surface area contributed by atoms with Gasteiger partial charge in [0.15, 0.2) is 0 Å². The van der Waals surface area contributed by atoms with Crippen LogP contribution in [0.15, 0.2) is 29.2 Å². The maximum atomic E-state index is 12.6. The predicted octanol–water partition coefficient (Wildman–Crippen LogP) is 2.51. The largest absolute Gasteiger partial charge is 0.497 e. The second-order valence-electron chi connectivity index (χ2n) is 5.92. The number of amides is 1. The number of carbonyl (C=O) groups is 1. The zero-order valence-corrected chi connectivity index (χ0v) is 16.6. The summed E-state index contributed by atoms with van der Waals surface area (Å²) in [5, 5.41) is 6.79. The number of benzene rings is 1. The van der Waals surface area contributed by atoms with Crippen molar-refractivity contribution in [2.75, 3.05) is 12.4 Å². The van der Waals surface area contributed by atoms with Crippen molar-refractivity contribution < 1.29 is 31.1 Å². The summed E-state index contributed by atoms with van der Waals surface area (Å²) in [6.07, 6.45) is -4.69. The van der Waals surface area contributed by atoms with Gasteiger partial charge in [0.05, 0.1) is 12.0 Å². The molecule has 0 spiro atoms. The SMILES string of the molecule is COc1ccc(S(=O)(=O)N[C@H](C(=O)Nc2nnc(C(F)(F)F)s2)C(C)C)cc1. The first-order valence-electron chi connectivity index (χ1n) is 7.82. The molecule has 2 aromatic rings. The second kappa shape index (κ2) is 8.41. The van der Waals surface area contributed by atoms with Crippen molar-refractivity contribution in [2.24, 2.45) is 5.92 Å². The fourth-order valence-electron chi connectivity index (χ4n) is 2.05. The van der Waals surface area contributed by atoms with Crippen molar-refractivity contribution in [3.8, 4) is 5.75 Å². The van der Waals surface area contributed by atoms with Crippen LogP contribution in [0.25, 0.3) is 0 Å². The minimum atomic E-state index is -4.69. The van der Waals surface area contributed by atoms with Crippen molar-refractivity contribution in [3.05, 3.63) is 29.3 Å². The Bertz CT molecular complexity index is 928. The first-order valence-corrected chi connectivity index (χ1v) is 10.1. The summed E-state index contributed by atoms with van der Waals surface area (Å²) in [4.78, 5) is 12.3. The van der Waals surface area contributed by atoms with Gasteiger partial charge in [-0.3, -0.25) is 10.1 Å². The average Bonchev–Trinajstić information content (AvgIpc) is 3.08. The lowest BCUT2D eigenvalue weighted by Gasteiger charge is -2.21. The Morgan fingerprint density at radius 2 is 1.79 bits per heavy atom. The number of hydrogen-bond donors (Lipinski definition) is 2. The molecule has 0 aliphatic rings. The lowest BCUT2D eigenvalue weighted by molar-refractivity contribution is -0.138. The number of hydrogen-bond acceptors (Lipinski definition) is 7. The van der Waals surface area contributed by atoms with Crippen LogP contribution in [-0.2, 0) is 21.0 Å². The minimum absolute atomic E-state index is 0.0953. The van der Waals surface area contributed by atoms with E-state index in [0.29, 0.717) is 5.75 Å². The van der Waals surface area contributed by atoms with Crippen LogP contribution in [0.4, 0.5) is 18.3 Å². The highest BCUT2D eigenvalue weighted by Gasteiger charge is 2.36. The normalized spacial score (nSPS) is 13.4. The average molecular weight is 438 g/mol. The van der Waals surface area contributed by atoms with Gasteiger partial charge >= 0.3 is 6.18 Å². The summed E-state index contributed by atoms with van der Waals surface area (Å²) in [7, 11) is -2.63. The van der Waals surface area contributed by atoms with Crippen molar-refractivity contribution in [3.63, 3.8) is 0 Å². The molecular weight excluding hydrogens is 421 g/mol. The molecule has 0 radical (unpaired) electrons. The molecule has 0 bridgehead atoms. The summed E-state index contributed by atoms with van der Waals surface area (Å²) in [5.41, 5.74) is 0. The summed E-state index contributed by atoms with van der Waals surface area (Å²) >= 11 is 0.145. The third-order valence-electron chi connectivity index (χ3n) is 3.50. The first kappa shape index (κ1) is 22.0. The molecule has 1 aromatic carbocycles. The smallest absolute Gasteiger partial charge is 0.445 e. The number of carbonyl (C=O) groups excluding carboxylic acids is 1. The minimum Gasteiger partial charge on any atom is -0.497 e. The van der Waals surface area contributed by atoms with Gasteiger partial charge in [0.1, 0.15) is 11.8 Å². The molecule has 154 valence electrons. The van der Waals surface area contributed by atoms with Crippen LogP contribution in [0.2, 0.25) is 0 Å². The third kappa shape index (κ3) is 5.39. The van der Waals surface area contributed by atoms with E-state index in [1.54, 1.807) is 13.8 Å². The van der Waals surface area contributed by atoms with E-state index in [4.69, 9.17) is 4.74 Å². The van der Waals surface area contributed by atoms with Crippen molar-refractivity contribution in [2.45, 2.75) is 31.0 Å². The van der Waals surface area contributed by atoms with Gasteiger partial charge in [0.2, 0.25) is 26.1 Å². The Kier molecular flexibility index (Phi) is 6.62. The van der Waals surface area contributed by atoms with Crippen LogP contribution in [0, 0.1) is 5.92 Å². The standard InChI is InChI=1S/C15H17F3N4O4S2/c1-8(2)11(12(23)19-14-21-20-13(27-14)15(16,17)18)22-28(24,25)10-6-4-9(26-3)5-7-10/h4-8,11,22H,1-3H3,(H,19,21,23)/t11-/m0/s1.